The molecule has 2 heterocycles. The number of rotatable bonds is 2. The minimum Gasteiger partial charge on any atom is -0.444 e. The molecule has 0 radical (unpaired) electrons. The van der Waals surface area contributed by atoms with Crippen molar-refractivity contribution in [1.82, 2.24) is 14.9 Å². The second-order valence-corrected chi connectivity index (χ2v) is 3.96. The number of pyridine rings is 1. The molecule has 2 aromatic rings. The largest absolute Gasteiger partial charge is 0.444 e. The zero-order valence-corrected chi connectivity index (χ0v) is 9.97. The molecule has 0 unspecified atom stereocenters. The van der Waals surface area contributed by atoms with Crippen molar-refractivity contribution in [3.63, 3.8) is 0 Å². The first kappa shape index (κ1) is 11.3. The minimum absolute atomic E-state index is 0.0948. The van der Waals surface area contributed by atoms with Crippen molar-refractivity contribution in [1.29, 1.82) is 0 Å². The fraction of sp³-hybridized carbons (Fsp3) is 0.250. The van der Waals surface area contributed by atoms with Crippen LogP contribution in [0, 0.1) is 6.92 Å². The lowest BCUT2D eigenvalue weighted by Crippen LogP contribution is -2.21. The molecule has 17 heavy (non-hydrogen) atoms. The van der Waals surface area contributed by atoms with Crippen LogP contribution < -0.4 is 0 Å². The Morgan fingerprint density at radius 2 is 2.12 bits per heavy atom. The van der Waals surface area contributed by atoms with Gasteiger partial charge in [0.2, 0.25) is 5.89 Å². The van der Waals surface area contributed by atoms with Crippen molar-refractivity contribution in [2.45, 2.75) is 6.92 Å². The molecule has 0 aliphatic rings. The predicted molar refractivity (Wildman–Crippen MR) is 62.5 cm³/mol. The number of nitrogens with zero attached hydrogens (tertiary/aromatic N) is 3. The van der Waals surface area contributed by atoms with Gasteiger partial charge in [-0.3, -0.25) is 9.78 Å². The van der Waals surface area contributed by atoms with Gasteiger partial charge in [-0.15, -0.1) is 0 Å². The number of oxazole rings is 1. The van der Waals surface area contributed by atoms with Crippen molar-refractivity contribution in [3.05, 3.63) is 36.0 Å². The highest BCUT2D eigenvalue weighted by atomic mass is 16.3. The summed E-state index contributed by atoms with van der Waals surface area (Å²) in [5.74, 6) is 0.381. The van der Waals surface area contributed by atoms with Gasteiger partial charge >= 0.3 is 0 Å². The molecular formula is C12H13N3O2. The van der Waals surface area contributed by atoms with E-state index in [0.29, 0.717) is 17.0 Å². The lowest BCUT2D eigenvalue weighted by Gasteiger charge is -2.09. The van der Waals surface area contributed by atoms with Crippen molar-refractivity contribution in [3.8, 4) is 11.5 Å². The van der Waals surface area contributed by atoms with Gasteiger partial charge in [0.1, 0.15) is 6.26 Å². The van der Waals surface area contributed by atoms with E-state index in [2.05, 4.69) is 9.97 Å². The monoisotopic (exact) mass is 231 g/mol. The van der Waals surface area contributed by atoms with Gasteiger partial charge in [-0.25, -0.2) is 4.98 Å². The summed E-state index contributed by atoms with van der Waals surface area (Å²) >= 11 is 0. The summed E-state index contributed by atoms with van der Waals surface area (Å²) in [7, 11) is 3.40. The molecule has 88 valence electrons. The Balaban J connectivity index is 2.38. The number of carbonyl (C=O) groups is 1. The van der Waals surface area contributed by atoms with Crippen molar-refractivity contribution in [2.75, 3.05) is 14.1 Å². The maximum Gasteiger partial charge on any atom is 0.254 e. The minimum atomic E-state index is -0.0948. The number of hydrogen-bond donors (Lipinski definition) is 0. The van der Waals surface area contributed by atoms with Gasteiger partial charge in [0.15, 0.2) is 0 Å². The molecule has 0 aliphatic carbocycles. The topological polar surface area (TPSA) is 59.2 Å². The van der Waals surface area contributed by atoms with Gasteiger partial charge in [-0.05, 0) is 13.0 Å². The number of hydrogen-bond acceptors (Lipinski definition) is 4. The van der Waals surface area contributed by atoms with Crippen molar-refractivity contribution in [2.24, 2.45) is 0 Å². The summed E-state index contributed by atoms with van der Waals surface area (Å²) < 4.78 is 5.27. The van der Waals surface area contributed by atoms with Crippen LogP contribution in [0.4, 0.5) is 0 Å². The first-order chi connectivity index (χ1) is 8.08. The zero-order valence-electron chi connectivity index (χ0n) is 9.97. The Morgan fingerprint density at radius 1 is 1.35 bits per heavy atom. The van der Waals surface area contributed by atoms with Crippen LogP contribution in [0.1, 0.15) is 16.1 Å². The Bertz CT molecular complexity index is 546. The SMILES string of the molecule is Cc1coc(-c2cncc(C(=O)N(C)C)c2)n1. The molecule has 0 aromatic carbocycles. The summed E-state index contributed by atoms with van der Waals surface area (Å²) in [5, 5.41) is 0. The third-order valence-electron chi connectivity index (χ3n) is 2.26. The van der Waals surface area contributed by atoms with Crippen LogP contribution in [0.5, 0.6) is 0 Å². The Hall–Kier alpha value is -2.17. The van der Waals surface area contributed by atoms with E-state index in [9.17, 15) is 4.79 Å². The Labute approximate surface area is 99.1 Å². The Kier molecular flexibility index (Phi) is 2.91. The molecule has 5 heteroatoms. The summed E-state index contributed by atoms with van der Waals surface area (Å²) in [6.45, 7) is 1.84. The molecule has 1 amide bonds. The van der Waals surface area contributed by atoms with Gasteiger partial charge in [0.25, 0.3) is 5.91 Å². The molecule has 0 saturated heterocycles. The van der Waals surface area contributed by atoms with E-state index in [1.165, 1.54) is 11.1 Å². The number of aryl methyl sites for hydroxylation is 1. The molecule has 0 saturated carbocycles. The average molecular weight is 231 g/mol. The van der Waals surface area contributed by atoms with E-state index < -0.39 is 0 Å². The average Bonchev–Trinajstić information content (AvgIpc) is 2.75. The summed E-state index contributed by atoms with van der Waals surface area (Å²) in [6.07, 6.45) is 4.72. The Morgan fingerprint density at radius 3 is 2.71 bits per heavy atom. The van der Waals surface area contributed by atoms with Crippen LogP contribution in [-0.4, -0.2) is 34.9 Å². The van der Waals surface area contributed by atoms with E-state index >= 15 is 0 Å². The van der Waals surface area contributed by atoms with E-state index in [4.69, 9.17) is 4.42 Å². The third kappa shape index (κ3) is 2.33. The highest BCUT2D eigenvalue weighted by molar-refractivity contribution is 5.94. The first-order valence-electron chi connectivity index (χ1n) is 5.17. The maximum absolute atomic E-state index is 11.8. The molecule has 0 N–H and O–H groups in total. The van der Waals surface area contributed by atoms with E-state index in [1.54, 1.807) is 32.6 Å². The first-order valence-corrected chi connectivity index (χ1v) is 5.17. The lowest BCUT2D eigenvalue weighted by atomic mass is 10.2. The van der Waals surface area contributed by atoms with Crippen LogP contribution >= 0.6 is 0 Å². The second-order valence-electron chi connectivity index (χ2n) is 3.96. The maximum atomic E-state index is 11.8. The predicted octanol–water partition coefficient (Wildman–Crippen LogP) is 1.75. The van der Waals surface area contributed by atoms with E-state index in [0.717, 1.165) is 5.69 Å². The van der Waals surface area contributed by atoms with Crippen LogP contribution in [0.2, 0.25) is 0 Å². The normalized spacial score (nSPS) is 10.3. The zero-order chi connectivity index (χ0) is 12.4. The molecule has 0 bridgehead atoms. The summed E-state index contributed by atoms with van der Waals surface area (Å²) in [4.78, 5) is 21.5. The molecule has 0 fully saturated rings. The highest BCUT2D eigenvalue weighted by Crippen LogP contribution is 2.18. The fourth-order valence-corrected chi connectivity index (χ4v) is 1.42. The second kappa shape index (κ2) is 4.37. The summed E-state index contributed by atoms with van der Waals surface area (Å²) in [5.41, 5.74) is 2.01. The van der Waals surface area contributed by atoms with Gasteiger partial charge in [-0.2, -0.15) is 0 Å². The van der Waals surface area contributed by atoms with Gasteiger partial charge < -0.3 is 9.32 Å². The molecule has 0 atom stereocenters. The lowest BCUT2D eigenvalue weighted by molar-refractivity contribution is 0.0827. The van der Waals surface area contributed by atoms with Crippen LogP contribution in [0.15, 0.2) is 29.1 Å². The molecule has 2 rings (SSSR count). The molecule has 5 nitrogen and oxygen atoms in total. The van der Waals surface area contributed by atoms with Gasteiger partial charge in [0, 0.05) is 26.5 Å². The van der Waals surface area contributed by atoms with E-state index in [1.807, 2.05) is 6.92 Å². The molecule has 0 spiro atoms. The quantitative estimate of drug-likeness (QED) is 0.790. The van der Waals surface area contributed by atoms with Crippen molar-refractivity contribution >= 4 is 5.91 Å². The highest BCUT2D eigenvalue weighted by Gasteiger charge is 2.11. The fourth-order valence-electron chi connectivity index (χ4n) is 1.42. The van der Waals surface area contributed by atoms with Crippen molar-refractivity contribution < 1.29 is 9.21 Å². The standard InChI is InChI=1S/C12H13N3O2/c1-8-7-17-11(14-8)9-4-10(6-13-5-9)12(16)15(2)3/h4-7H,1-3H3. The van der Waals surface area contributed by atoms with Crippen LogP contribution in [0.25, 0.3) is 11.5 Å². The smallest absolute Gasteiger partial charge is 0.254 e. The van der Waals surface area contributed by atoms with Gasteiger partial charge in [0.05, 0.1) is 16.8 Å². The molecule has 2 aromatic heterocycles. The number of aromatic nitrogens is 2. The molecule has 0 aliphatic heterocycles. The molecular weight excluding hydrogens is 218 g/mol. The number of amides is 1. The van der Waals surface area contributed by atoms with E-state index in [-0.39, 0.29) is 5.91 Å². The van der Waals surface area contributed by atoms with Crippen LogP contribution in [-0.2, 0) is 0 Å². The van der Waals surface area contributed by atoms with Crippen LogP contribution in [0.3, 0.4) is 0 Å². The number of carbonyl (C=O) groups excluding carboxylic acids is 1. The van der Waals surface area contributed by atoms with Gasteiger partial charge in [-0.1, -0.05) is 0 Å². The third-order valence-corrected chi connectivity index (χ3v) is 2.26. The summed E-state index contributed by atoms with van der Waals surface area (Å²) in [6, 6.07) is 1.72.